The topological polar surface area (TPSA) is 64.1 Å². The molecule has 0 aromatic carbocycles. The lowest BCUT2D eigenvalue weighted by Gasteiger charge is -1.94. The molecular weight excluding hydrogens is 130 g/mol. The molecule has 1 heterocycles. The van der Waals surface area contributed by atoms with Crippen molar-refractivity contribution in [2.45, 2.75) is 13.1 Å². The largest absolute Gasteiger partial charge is 0.394 e. The molecule has 0 spiro atoms. The Morgan fingerprint density at radius 2 is 2.50 bits per heavy atom. The highest BCUT2D eigenvalue weighted by Crippen LogP contribution is 1.92. The summed E-state index contributed by atoms with van der Waals surface area (Å²) in [6.45, 7) is 1.12. The van der Waals surface area contributed by atoms with Gasteiger partial charge in [-0.05, 0) is 6.07 Å². The molecule has 0 unspecified atom stereocenters. The number of nitrogens with zero attached hydrogens (tertiary/aromatic N) is 2. The van der Waals surface area contributed by atoms with E-state index in [9.17, 15) is 0 Å². The number of aliphatic hydroxyl groups excluding tert-OH is 1. The first-order valence-corrected chi connectivity index (χ1v) is 3.20. The monoisotopic (exact) mass is 141 g/mol. The highest BCUT2D eigenvalue weighted by molar-refractivity contribution is 4.97. The Balaban J connectivity index is 2.59. The maximum Gasteiger partial charge on any atom is 0.0760 e. The predicted molar refractivity (Wildman–Crippen MR) is 37.2 cm³/mol. The summed E-state index contributed by atoms with van der Waals surface area (Å²) in [7, 11) is 0. The Bertz CT molecular complexity index is 197. The molecule has 0 fully saturated rings. The summed E-state index contributed by atoms with van der Waals surface area (Å²) in [5.41, 5.74) is 6.18. The minimum Gasteiger partial charge on any atom is -0.394 e. The van der Waals surface area contributed by atoms with Gasteiger partial charge in [0.25, 0.3) is 0 Å². The van der Waals surface area contributed by atoms with Crippen molar-refractivity contribution in [1.82, 2.24) is 9.78 Å². The molecule has 0 bridgehead atoms. The van der Waals surface area contributed by atoms with Crippen LogP contribution >= 0.6 is 0 Å². The Labute approximate surface area is 59.3 Å². The minimum atomic E-state index is 0.117. The lowest BCUT2D eigenvalue weighted by Crippen LogP contribution is -2.04. The van der Waals surface area contributed by atoms with Gasteiger partial charge in [-0.25, -0.2) is 0 Å². The molecule has 4 heteroatoms. The smallest absolute Gasteiger partial charge is 0.0760 e. The number of hydrogen-bond acceptors (Lipinski definition) is 3. The van der Waals surface area contributed by atoms with E-state index in [-0.39, 0.29) is 6.61 Å². The average Bonchev–Trinajstić information content (AvgIpc) is 2.37. The van der Waals surface area contributed by atoms with Crippen LogP contribution < -0.4 is 5.73 Å². The second-order valence-corrected chi connectivity index (χ2v) is 2.00. The fourth-order valence-corrected chi connectivity index (χ4v) is 0.740. The van der Waals surface area contributed by atoms with Gasteiger partial charge in [-0.3, -0.25) is 4.68 Å². The molecular formula is C6H11N3O. The van der Waals surface area contributed by atoms with E-state index in [2.05, 4.69) is 5.10 Å². The lowest BCUT2D eigenvalue weighted by atomic mass is 10.4. The Morgan fingerprint density at radius 1 is 1.70 bits per heavy atom. The van der Waals surface area contributed by atoms with Crippen molar-refractivity contribution >= 4 is 0 Å². The molecule has 56 valence electrons. The van der Waals surface area contributed by atoms with Crippen molar-refractivity contribution in [3.63, 3.8) is 0 Å². The second kappa shape index (κ2) is 3.34. The molecule has 0 aliphatic carbocycles. The summed E-state index contributed by atoms with van der Waals surface area (Å²) in [5, 5.41) is 12.6. The summed E-state index contributed by atoms with van der Waals surface area (Å²) in [6.07, 6.45) is 1.80. The number of aromatic nitrogens is 2. The van der Waals surface area contributed by atoms with Gasteiger partial charge in [-0.2, -0.15) is 5.10 Å². The van der Waals surface area contributed by atoms with Crippen molar-refractivity contribution in [3.8, 4) is 0 Å². The Kier molecular flexibility index (Phi) is 2.42. The van der Waals surface area contributed by atoms with Crippen molar-refractivity contribution in [2.75, 3.05) is 6.61 Å². The fourth-order valence-electron chi connectivity index (χ4n) is 0.740. The third-order valence-corrected chi connectivity index (χ3v) is 1.23. The third kappa shape index (κ3) is 1.55. The molecule has 3 N–H and O–H groups in total. The van der Waals surface area contributed by atoms with Crippen LogP contribution in [0.15, 0.2) is 12.3 Å². The molecule has 10 heavy (non-hydrogen) atoms. The zero-order valence-corrected chi connectivity index (χ0v) is 5.70. The quantitative estimate of drug-likeness (QED) is 0.587. The third-order valence-electron chi connectivity index (χ3n) is 1.23. The predicted octanol–water partition coefficient (Wildman–Crippen LogP) is -0.666. The molecule has 4 nitrogen and oxygen atoms in total. The van der Waals surface area contributed by atoms with Gasteiger partial charge in [0.15, 0.2) is 0 Å². The standard InChI is InChI=1S/C6H11N3O/c7-5-6-1-2-9(8-6)3-4-10/h1-2,10H,3-5,7H2. The molecule has 0 saturated carbocycles. The van der Waals surface area contributed by atoms with Crippen molar-refractivity contribution < 1.29 is 5.11 Å². The fraction of sp³-hybridized carbons (Fsp3) is 0.500. The van der Waals surface area contributed by atoms with Gasteiger partial charge in [0, 0.05) is 12.7 Å². The maximum absolute atomic E-state index is 8.51. The summed E-state index contributed by atoms with van der Waals surface area (Å²) >= 11 is 0. The number of aliphatic hydroxyl groups is 1. The van der Waals surface area contributed by atoms with Crippen LogP contribution in [0, 0.1) is 0 Å². The van der Waals surface area contributed by atoms with E-state index in [1.165, 1.54) is 0 Å². The Morgan fingerprint density at radius 3 is 3.00 bits per heavy atom. The summed E-state index contributed by atoms with van der Waals surface area (Å²) in [6, 6.07) is 1.84. The van der Waals surface area contributed by atoms with E-state index < -0.39 is 0 Å². The average molecular weight is 141 g/mol. The molecule has 0 amide bonds. The minimum absolute atomic E-state index is 0.117. The molecule has 0 saturated heterocycles. The van der Waals surface area contributed by atoms with E-state index in [0.717, 1.165) is 5.69 Å². The summed E-state index contributed by atoms with van der Waals surface area (Å²) in [5.74, 6) is 0. The zero-order chi connectivity index (χ0) is 7.40. The summed E-state index contributed by atoms with van der Waals surface area (Å²) < 4.78 is 1.67. The van der Waals surface area contributed by atoms with E-state index in [0.29, 0.717) is 13.1 Å². The van der Waals surface area contributed by atoms with Crippen molar-refractivity contribution in [1.29, 1.82) is 0 Å². The highest BCUT2D eigenvalue weighted by Gasteiger charge is 1.93. The van der Waals surface area contributed by atoms with Gasteiger partial charge in [0.2, 0.25) is 0 Å². The lowest BCUT2D eigenvalue weighted by molar-refractivity contribution is 0.269. The van der Waals surface area contributed by atoms with E-state index in [1.807, 2.05) is 6.07 Å². The van der Waals surface area contributed by atoms with Crippen LogP contribution in [0.2, 0.25) is 0 Å². The molecule has 1 rings (SSSR count). The van der Waals surface area contributed by atoms with Crippen LogP contribution in [0.5, 0.6) is 0 Å². The summed E-state index contributed by atoms with van der Waals surface area (Å²) in [4.78, 5) is 0. The molecule has 0 aliphatic rings. The van der Waals surface area contributed by atoms with Crippen LogP contribution in [-0.4, -0.2) is 21.5 Å². The number of hydrogen-bond donors (Lipinski definition) is 2. The first-order valence-electron chi connectivity index (χ1n) is 3.20. The highest BCUT2D eigenvalue weighted by atomic mass is 16.3. The van der Waals surface area contributed by atoms with Gasteiger partial charge < -0.3 is 10.8 Å². The zero-order valence-electron chi connectivity index (χ0n) is 5.70. The van der Waals surface area contributed by atoms with E-state index in [1.54, 1.807) is 10.9 Å². The van der Waals surface area contributed by atoms with E-state index in [4.69, 9.17) is 10.8 Å². The van der Waals surface area contributed by atoms with E-state index >= 15 is 0 Å². The maximum atomic E-state index is 8.51. The van der Waals surface area contributed by atoms with Crippen molar-refractivity contribution in [2.24, 2.45) is 5.73 Å². The van der Waals surface area contributed by atoms with Gasteiger partial charge >= 0.3 is 0 Å². The van der Waals surface area contributed by atoms with Gasteiger partial charge in [-0.15, -0.1) is 0 Å². The van der Waals surface area contributed by atoms with Crippen LogP contribution in [0.1, 0.15) is 5.69 Å². The van der Waals surface area contributed by atoms with Crippen molar-refractivity contribution in [3.05, 3.63) is 18.0 Å². The molecule has 0 atom stereocenters. The first-order chi connectivity index (χ1) is 4.86. The normalized spacial score (nSPS) is 10.2. The molecule has 1 aromatic heterocycles. The van der Waals surface area contributed by atoms with Gasteiger partial charge in [0.1, 0.15) is 0 Å². The van der Waals surface area contributed by atoms with Crippen LogP contribution in [0.4, 0.5) is 0 Å². The Hall–Kier alpha value is -0.870. The van der Waals surface area contributed by atoms with Crippen LogP contribution in [0.3, 0.4) is 0 Å². The van der Waals surface area contributed by atoms with Crippen LogP contribution in [-0.2, 0) is 13.1 Å². The van der Waals surface area contributed by atoms with Gasteiger partial charge in [-0.1, -0.05) is 0 Å². The molecule has 0 aliphatic heterocycles. The number of nitrogens with two attached hydrogens (primary N) is 1. The van der Waals surface area contributed by atoms with Crippen LogP contribution in [0.25, 0.3) is 0 Å². The molecule has 0 radical (unpaired) electrons. The van der Waals surface area contributed by atoms with Gasteiger partial charge in [0.05, 0.1) is 18.8 Å². The first kappa shape index (κ1) is 7.24. The number of rotatable bonds is 3. The molecule has 1 aromatic rings. The second-order valence-electron chi connectivity index (χ2n) is 2.00. The SMILES string of the molecule is NCc1ccn(CCO)n1.